The fourth-order valence-electron chi connectivity index (χ4n) is 4.07. The van der Waals surface area contributed by atoms with Gasteiger partial charge in [0.1, 0.15) is 6.10 Å². The second-order valence-corrected chi connectivity index (χ2v) is 13.1. The van der Waals surface area contributed by atoms with Crippen LogP contribution in [0.3, 0.4) is 0 Å². The Morgan fingerprint density at radius 1 is 1.11 bits per heavy atom. The Labute approximate surface area is 224 Å². The zero-order chi connectivity index (χ0) is 27.9. The van der Waals surface area contributed by atoms with Gasteiger partial charge in [-0.05, 0) is 36.1 Å². The van der Waals surface area contributed by atoms with Gasteiger partial charge >= 0.3 is 6.09 Å². The van der Waals surface area contributed by atoms with Gasteiger partial charge in [0.05, 0.1) is 35.2 Å². The van der Waals surface area contributed by atoms with Crippen LogP contribution >= 0.6 is 0 Å². The standard InChI is InChI=1S/C25H35N3O8S2/c1-18(2)15-28(38(33,34)22-10-6-9-21(14-22)37(26,31)32)16-24(29)23(13-19-7-4-3-5-8-19)27-25(30)36-20-11-12-35-17-20/h3-10,14,18,20,23-24,29H,11-13,15-17H2,1-2H3,(H,27,30)(H2,26,31,32)/t20-,23+,24-/m1/s1. The van der Waals surface area contributed by atoms with Crippen molar-refractivity contribution in [3.8, 4) is 0 Å². The molecule has 1 saturated heterocycles. The molecule has 38 heavy (non-hydrogen) atoms. The monoisotopic (exact) mass is 569 g/mol. The summed E-state index contributed by atoms with van der Waals surface area (Å²) in [6, 6.07) is 13.0. The quantitative estimate of drug-likeness (QED) is 0.346. The van der Waals surface area contributed by atoms with E-state index in [4.69, 9.17) is 14.6 Å². The van der Waals surface area contributed by atoms with Crippen LogP contribution in [0.1, 0.15) is 25.8 Å². The van der Waals surface area contributed by atoms with Gasteiger partial charge in [0.2, 0.25) is 20.0 Å². The van der Waals surface area contributed by atoms with Crippen molar-refractivity contribution in [3.05, 3.63) is 60.2 Å². The fraction of sp³-hybridized carbons (Fsp3) is 0.480. The Balaban J connectivity index is 1.86. The molecule has 210 valence electrons. The molecular weight excluding hydrogens is 534 g/mol. The summed E-state index contributed by atoms with van der Waals surface area (Å²) in [6.45, 7) is 4.10. The Kier molecular flexibility index (Phi) is 10.3. The van der Waals surface area contributed by atoms with Crippen LogP contribution in [0, 0.1) is 5.92 Å². The summed E-state index contributed by atoms with van der Waals surface area (Å²) < 4.78 is 62.4. The predicted molar refractivity (Wildman–Crippen MR) is 140 cm³/mol. The van der Waals surface area contributed by atoms with Crippen molar-refractivity contribution in [2.24, 2.45) is 11.1 Å². The van der Waals surface area contributed by atoms with E-state index in [-0.39, 0.29) is 41.8 Å². The van der Waals surface area contributed by atoms with Gasteiger partial charge in [0.25, 0.3) is 0 Å². The van der Waals surface area contributed by atoms with Crippen LogP contribution in [0.15, 0.2) is 64.4 Å². The molecule has 1 fully saturated rings. The van der Waals surface area contributed by atoms with Crippen molar-refractivity contribution in [1.82, 2.24) is 9.62 Å². The summed E-state index contributed by atoms with van der Waals surface area (Å²) in [4.78, 5) is 12.0. The van der Waals surface area contributed by atoms with Crippen molar-refractivity contribution in [3.63, 3.8) is 0 Å². The average molecular weight is 570 g/mol. The van der Waals surface area contributed by atoms with Gasteiger partial charge in [0, 0.05) is 19.5 Å². The first-order valence-corrected chi connectivity index (χ1v) is 15.2. The maximum atomic E-state index is 13.6. The van der Waals surface area contributed by atoms with E-state index in [1.807, 2.05) is 44.2 Å². The summed E-state index contributed by atoms with van der Waals surface area (Å²) >= 11 is 0. The van der Waals surface area contributed by atoms with E-state index < -0.39 is 44.4 Å². The van der Waals surface area contributed by atoms with Crippen LogP contribution in [0.2, 0.25) is 0 Å². The van der Waals surface area contributed by atoms with E-state index in [1.54, 1.807) is 0 Å². The number of carbonyl (C=O) groups is 1. The van der Waals surface area contributed by atoms with Crippen LogP contribution in [0.25, 0.3) is 0 Å². The number of carbonyl (C=O) groups excluding carboxylic acids is 1. The van der Waals surface area contributed by atoms with Crippen LogP contribution in [-0.4, -0.2) is 76.9 Å². The van der Waals surface area contributed by atoms with Gasteiger partial charge in [-0.1, -0.05) is 50.2 Å². The number of ether oxygens (including phenoxy) is 2. The number of hydrogen-bond acceptors (Lipinski definition) is 8. The lowest BCUT2D eigenvalue weighted by atomic mass is 10.0. The lowest BCUT2D eigenvalue weighted by Gasteiger charge is -2.30. The van der Waals surface area contributed by atoms with Gasteiger partial charge < -0.3 is 19.9 Å². The van der Waals surface area contributed by atoms with Crippen molar-refractivity contribution >= 4 is 26.1 Å². The third-order valence-electron chi connectivity index (χ3n) is 5.96. The van der Waals surface area contributed by atoms with Crippen LogP contribution in [0.5, 0.6) is 0 Å². The van der Waals surface area contributed by atoms with Crippen LogP contribution < -0.4 is 10.5 Å². The Hall–Kier alpha value is -2.55. The number of nitrogens with zero attached hydrogens (tertiary/aromatic N) is 1. The van der Waals surface area contributed by atoms with Crippen LogP contribution in [-0.2, 0) is 35.9 Å². The molecule has 13 heteroatoms. The number of primary sulfonamides is 1. The topological polar surface area (TPSA) is 165 Å². The molecule has 11 nitrogen and oxygen atoms in total. The van der Waals surface area contributed by atoms with E-state index in [1.165, 1.54) is 18.2 Å². The van der Waals surface area contributed by atoms with Gasteiger partial charge in [0.15, 0.2) is 0 Å². The van der Waals surface area contributed by atoms with E-state index in [9.17, 15) is 26.7 Å². The maximum Gasteiger partial charge on any atom is 0.407 e. The third-order valence-corrected chi connectivity index (χ3v) is 8.70. The second-order valence-electron chi connectivity index (χ2n) is 9.63. The Bertz CT molecular complexity index is 1280. The number of sulfonamides is 2. The highest BCUT2D eigenvalue weighted by atomic mass is 32.2. The molecule has 0 saturated carbocycles. The molecule has 0 aliphatic carbocycles. The maximum absolute atomic E-state index is 13.6. The Morgan fingerprint density at radius 3 is 2.39 bits per heavy atom. The minimum absolute atomic E-state index is 0.0426. The summed E-state index contributed by atoms with van der Waals surface area (Å²) in [6.07, 6.45) is -1.67. The lowest BCUT2D eigenvalue weighted by Crippen LogP contribution is -2.51. The second kappa shape index (κ2) is 13.0. The van der Waals surface area contributed by atoms with E-state index in [2.05, 4.69) is 5.32 Å². The molecule has 4 N–H and O–H groups in total. The van der Waals surface area contributed by atoms with E-state index in [0.717, 1.165) is 15.9 Å². The highest BCUT2D eigenvalue weighted by Crippen LogP contribution is 2.22. The van der Waals surface area contributed by atoms with Gasteiger partial charge in [-0.25, -0.2) is 26.8 Å². The van der Waals surface area contributed by atoms with Crippen LogP contribution in [0.4, 0.5) is 4.79 Å². The predicted octanol–water partition coefficient (Wildman–Crippen LogP) is 1.47. The lowest BCUT2D eigenvalue weighted by molar-refractivity contribution is 0.0644. The number of amides is 1. The molecule has 1 aliphatic rings. The molecule has 0 radical (unpaired) electrons. The smallest absolute Gasteiger partial charge is 0.407 e. The summed E-state index contributed by atoms with van der Waals surface area (Å²) in [7, 11) is -8.37. The van der Waals surface area contributed by atoms with Crippen molar-refractivity contribution in [2.45, 2.75) is 54.7 Å². The van der Waals surface area contributed by atoms with Crippen molar-refractivity contribution in [2.75, 3.05) is 26.3 Å². The first-order chi connectivity index (χ1) is 17.9. The van der Waals surface area contributed by atoms with Gasteiger partial charge in [-0.2, -0.15) is 4.31 Å². The zero-order valence-corrected chi connectivity index (χ0v) is 23.0. The molecule has 2 aromatic carbocycles. The Morgan fingerprint density at radius 2 is 1.79 bits per heavy atom. The molecular formula is C25H35N3O8S2. The largest absolute Gasteiger partial charge is 0.444 e. The van der Waals surface area contributed by atoms with Gasteiger partial charge in [-0.3, -0.25) is 0 Å². The number of hydrogen-bond donors (Lipinski definition) is 3. The molecule has 0 spiro atoms. The zero-order valence-electron chi connectivity index (χ0n) is 21.4. The molecule has 0 bridgehead atoms. The number of alkyl carbamates (subject to hydrolysis) is 1. The number of aliphatic hydroxyl groups is 1. The molecule has 1 heterocycles. The number of rotatable bonds is 12. The summed E-state index contributed by atoms with van der Waals surface area (Å²) in [5, 5.41) is 19.1. The highest BCUT2D eigenvalue weighted by molar-refractivity contribution is 7.90. The van der Waals surface area contributed by atoms with E-state index in [0.29, 0.717) is 13.0 Å². The first kappa shape index (κ1) is 30.0. The van der Waals surface area contributed by atoms with E-state index >= 15 is 0 Å². The SMILES string of the molecule is CC(C)CN(C[C@@H](O)[C@H](Cc1ccccc1)NC(=O)O[C@@H]1CCOC1)S(=O)(=O)c1cccc(S(N)(=O)=O)c1. The minimum atomic E-state index is -4.23. The summed E-state index contributed by atoms with van der Waals surface area (Å²) in [5.41, 5.74) is 0.820. The fourth-order valence-corrected chi connectivity index (χ4v) is 6.37. The third kappa shape index (κ3) is 8.48. The molecule has 2 aromatic rings. The molecule has 3 rings (SSSR count). The molecule has 1 amide bonds. The number of nitrogens with two attached hydrogens (primary N) is 1. The minimum Gasteiger partial charge on any atom is -0.444 e. The summed E-state index contributed by atoms with van der Waals surface area (Å²) in [5.74, 6) is -0.119. The molecule has 1 aliphatic heterocycles. The molecule has 3 atom stereocenters. The normalized spacial score (nSPS) is 17.9. The number of nitrogens with one attached hydrogen (secondary N) is 1. The highest BCUT2D eigenvalue weighted by Gasteiger charge is 2.32. The molecule has 0 unspecified atom stereocenters. The number of benzene rings is 2. The van der Waals surface area contributed by atoms with Crippen molar-refractivity contribution < 1.29 is 36.2 Å². The average Bonchev–Trinajstić information content (AvgIpc) is 3.36. The molecule has 0 aromatic heterocycles. The van der Waals surface area contributed by atoms with Crippen molar-refractivity contribution in [1.29, 1.82) is 0 Å². The number of aliphatic hydroxyl groups excluding tert-OH is 1. The van der Waals surface area contributed by atoms with Gasteiger partial charge in [-0.15, -0.1) is 0 Å². The first-order valence-electron chi connectivity index (χ1n) is 12.3.